The third-order valence-corrected chi connectivity index (χ3v) is 3.97. The van der Waals surface area contributed by atoms with Crippen LogP contribution in [-0.2, 0) is 24.6 Å². The van der Waals surface area contributed by atoms with Crippen LogP contribution in [0.2, 0.25) is 5.02 Å². The predicted octanol–water partition coefficient (Wildman–Crippen LogP) is 2.58. The Morgan fingerprint density at radius 3 is 2.47 bits per heavy atom. The van der Waals surface area contributed by atoms with Crippen LogP contribution >= 0.6 is 11.6 Å². The number of aromatic nitrogens is 2. The SMILES string of the molecule is CCNC(Cc1c(Cl)c(CC)nn1C)C(CC)OC. The van der Waals surface area contributed by atoms with Crippen LogP contribution in [0.4, 0.5) is 0 Å². The van der Waals surface area contributed by atoms with Crippen molar-refractivity contribution in [3.05, 3.63) is 16.4 Å². The van der Waals surface area contributed by atoms with Gasteiger partial charge in [0.2, 0.25) is 0 Å². The standard InChI is InChI=1S/C14H26ClN3O/c1-6-10-14(15)12(18(4)17-10)9-11(16-8-3)13(7-2)19-5/h11,13,16H,6-9H2,1-5H3. The molecule has 5 heteroatoms. The van der Waals surface area contributed by atoms with E-state index in [9.17, 15) is 0 Å². The zero-order chi connectivity index (χ0) is 14.4. The highest BCUT2D eigenvalue weighted by Crippen LogP contribution is 2.23. The first-order chi connectivity index (χ1) is 9.08. The molecule has 1 aromatic heterocycles. The number of methoxy groups -OCH3 is 1. The Morgan fingerprint density at radius 1 is 1.37 bits per heavy atom. The number of nitrogens with one attached hydrogen (secondary N) is 1. The molecule has 1 rings (SSSR count). The molecule has 0 aromatic carbocycles. The van der Waals surface area contributed by atoms with E-state index in [0.717, 1.165) is 42.2 Å². The molecule has 0 saturated heterocycles. The largest absolute Gasteiger partial charge is 0.380 e. The minimum absolute atomic E-state index is 0.191. The average Bonchev–Trinajstić information content (AvgIpc) is 2.67. The fourth-order valence-electron chi connectivity index (χ4n) is 2.46. The Bertz CT molecular complexity index is 388. The molecule has 1 N–H and O–H groups in total. The van der Waals surface area contributed by atoms with Crippen molar-refractivity contribution >= 4 is 11.6 Å². The van der Waals surface area contributed by atoms with E-state index in [1.165, 1.54) is 0 Å². The van der Waals surface area contributed by atoms with Crippen molar-refractivity contribution < 1.29 is 4.74 Å². The summed E-state index contributed by atoms with van der Waals surface area (Å²) in [4.78, 5) is 0. The summed E-state index contributed by atoms with van der Waals surface area (Å²) in [5, 5.41) is 8.76. The quantitative estimate of drug-likeness (QED) is 0.799. The molecular formula is C14H26ClN3O. The molecule has 0 saturated carbocycles. The van der Waals surface area contributed by atoms with Crippen molar-refractivity contribution in [3.8, 4) is 0 Å². The normalized spacial score (nSPS) is 14.6. The molecule has 19 heavy (non-hydrogen) atoms. The molecule has 0 spiro atoms. The van der Waals surface area contributed by atoms with Gasteiger partial charge in [-0.15, -0.1) is 0 Å². The number of nitrogens with zero attached hydrogens (tertiary/aromatic N) is 2. The summed E-state index contributed by atoms with van der Waals surface area (Å²) in [5.41, 5.74) is 2.06. The van der Waals surface area contributed by atoms with Crippen molar-refractivity contribution in [1.29, 1.82) is 0 Å². The molecule has 4 nitrogen and oxygen atoms in total. The average molecular weight is 288 g/mol. The van der Waals surface area contributed by atoms with Gasteiger partial charge in [-0.05, 0) is 19.4 Å². The summed E-state index contributed by atoms with van der Waals surface area (Å²) < 4.78 is 7.46. The Morgan fingerprint density at radius 2 is 2.05 bits per heavy atom. The zero-order valence-electron chi connectivity index (χ0n) is 12.7. The monoisotopic (exact) mass is 287 g/mol. The highest BCUT2D eigenvalue weighted by molar-refractivity contribution is 6.31. The minimum atomic E-state index is 0.191. The third-order valence-electron chi connectivity index (χ3n) is 3.54. The van der Waals surface area contributed by atoms with Crippen molar-refractivity contribution in [2.45, 2.75) is 52.2 Å². The van der Waals surface area contributed by atoms with Crippen LogP contribution in [0, 0.1) is 0 Å². The van der Waals surface area contributed by atoms with E-state index < -0.39 is 0 Å². The highest BCUT2D eigenvalue weighted by atomic mass is 35.5. The first kappa shape index (κ1) is 16.5. The molecule has 0 bridgehead atoms. The second-order valence-electron chi connectivity index (χ2n) is 4.74. The number of ether oxygens (including phenoxy) is 1. The van der Waals surface area contributed by atoms with Gasteiger partial charge in [-0.3, -0.25) is 4.68 Å². The summed E-state index contributed by atoms with van der Waals surface area (Å²) in [6.45, 7) is 7.24. The smallest absolute Gasteiger partial charge is 0.0850 e. The maximum absolute atomic E-state index is 6.41. The molecule has 1 heterocycles. The molecule has 0 fully saturated rings. The molecule has 0 aliphatic carbocycles. The number of hydrogen-bond acceptors (Lipinski definition) is 3. The molecule has 110 valence electrons. The minimum Gasteiger partial charge on any atom is -0.380 e. The summed E-state index contributed by atoms with van der Waals surface area (Å²) in [7, 11) is 3.72. The van der Waals surface area contributed by atoms with Gasteiger partial charge in [-0.2, -0.15) is 5.10 Å². The fourth-order valence-corrected chi connectivity index (χ4v) is 2.83. The molecule has 2 atom stereocenters. The molecular weight excluding hydrogens is 262 g/mol. The molecule has 1 aromatic rings. The molecule has 0 aliphatic rings. The van der Waals surface area contributed by atoms with Crippen molar-refractivity contribution in [2.75, 3.05) is 13.7 Å². The van der Waals surface area contributed by atoms with E-state index in [4.69, 9.17) is 16.3 Å². The lowest BCUT2D eigenvalue weighted by Gasteiger charge is -2.26. The van der Waals surface area contributed by atoms with Crippen LogP contribution < -0.4 is 5.32 Å². The van der Waals surface area contributed by atoms with Crippen LogP contribution in [0.25, 0.3) is 0 Å². The third kappa shape index (κ3) is 3.94. The van der Waals surface area contributed by atoms with Crippen LogP contribution in [0.1, 0.15) is 38.6 Å². The van der Waals surface area contributed by atoms with E-state index in [1.54, 1.807) is 7.11 Å². The number of aryl methyl sites for hydroxylation is 2. The van der Waals surface area contributed by atoms with Gasteiger partial charge in [-0.1, -0.05) is 32.4 Å². The van der Waals surface area contributed by atoms with E-state index in [-0.39, 0.29) is 12.1 Å². The lowest BCUT2D eigenvalue weighted by atomic mass is 10.0. The van der Waals surface area contributed by atoms with Gasteiger partial charge in [0, 0.05) is 26.6 Å². The highest BCUT2D eigenvalue weighted by Gasteiger charge is 2.23. The van der Waals surface area contributed by atoms with Gasteiger partial charge in [0.05, 0.1) is 22.5 Å². The van der Waals surface area contributed by atoms with Gasteiger partial charge >= 0.3 is 0 Å². The van der Waals surface area contributed by atoms with Gasteiger partial charge in [0.15, 0.2) is 0 Å². The van der Waals surface area contributed by atoms with Crippen LogP contribution in [-0.4, -0.2) is 35.6 Å². The number of halogens is 1. The van der Waals surface area contributed by atoms with Crippen LogP contribution in [0.5, 0.6) is 0 Å². The van der Waals surface area contributed by atoms with E-state index in [2.05, 4.69) is 31.2 Å². The molecule has 0 radical (unpaired) electrons. The van der Waals surface area contributed by atoms with Gasteiger partial charge in [0.1, 0.15) is 0 Å². The van der Waals surface area contributed by atoms with E-state index >= 15 is 0 Å². The number of rotatable bonds is 8. The first-order valence-electron chi connectivity index (χ1n) is 7.05. The summed E-state index contributed by atoms with van der Waals surface area (Å²) >= 11 is 6.41. The van der Waals surface area contributed by atoms with Crippen LogP contribution in [0.3, 0.4) is 0 Å². The molecule has 2 unspecified atom stereocenters. The maximum atomic E-state index is 6.41. The second kappa shape index (κ2) is 7.88. The lowest BCUT2D eigenvalue weighted by Crippen LogP contribution is -2.42. The summed E-state index contributed by atoms with van der Waals surface area (Å²) in [5.74, 6) is 0. The van der Waals surface area contributed by atoms with Crippen molar-refractivity contribution in [2.24, 2.45) is 7.05 Å². The van der Waals surface area contributed by atoms with Gasteiger partial charge in [0.25, 0.3) is 0 Å². The Kier molecular flexibility index (Phi) is 6.83. The predicted molar refractivity (Wildman–Crippen MR) is 79.9 cm³/mol. The summed E-state index contributed by atoms with van der Waals surface area (Å²) in [6, 6.07) is 0.262. The van der Waals surface area contributed by atoms with Gasteiger partial charge in [-0.25, -0.2) is 0 Å². The Balaban J connectivity index is 2.92. The van der Waals surface area contributed by atoms with E-state index in [0.29, 0.717) is 0 Å². The Labute approximate surface area is 121 Å². The number of hydrogen-bond donors (Lipinski definition) is 1. The fraction of sp³-hybridized carbons (Fsp3) is 0.786. The topological polar surface area (TPSA) is 39.1 Å². The van der Waals surface area contributed by atoms with Crippen LogP contribution in [0.15, 0.2) is 0 Å². The zero-order valence-corrected chi connectivity index (χ0v) is 13.4. The number of likely N-dealkylation sites (N-methyl/N-ethyl adjacent to an activating group) is 1. The second-order valence-corrected chi connectivity index (χ2v) is 5.11. The maximum Gasteiger partial charge on any atom is 0.0850 e. The lowest BCUT2D eigenvalue weighted by molar-refractivity contribution is 0.0653. The van der Waals surface area contributed by atoms with Gasteiger partial charge < -0.3 is 10.1 Å². The summed E-state index contributed by atoms with van der Waals surface area (Å²) in [6.07, 6.45) is 2.86. The molecule has 0 amide bonds. The van der Waals surface area contributed by atoms with Crippen molar-refractivity contribution in [1.82, 2.24) is 15.1 Å². The molecule has 0 aliphatic heterocycles. The van der Waals surface area contributed by atoms with E-state index in [1.807, 2.05) is 11.7 Å². The van der Waals surface area contributed by atoms with Crippen molar-refractivity contribution in [3.63, 3.8) is 0 Å². The Hall–Kier alpha value is -0.580. The first-order valence-corrected chi connectivity index (χ1v) is 7.43.